The smallest absolute Gasteiger partial charge is 0.255 e. The summed E-state index contributed by atoms with van der Waals surface area (Å²) in [5.74, 6) is 2.50. The lowest BCUT2D eigenvalue weighted by molar-refractivity contribution is 0.0746. The lowest BCUT2D eigenvalue weighted by atomic mass is 10.1. The van der Waals surface area contributed by atoms with E-state index in [1.807, 2.05) is 17.0 Å². The second-order valence-corrected chi connectivity index (χ2v) is 9.09. The molecule has 7 nitrogen and oxygen atoms in total. The van der Waals surface area contributed by atoms with Gasteiger partial charge in [0.15, 0.2) is 0 Å². The number of pyridine rings is 1. The van der Waals surface area contributed by atoms with Crippen LogP contribution in [0.15, 0.2) is 41.1 Å². The maximum Gasteiger partial charge on any atom is 0.255 e. The van der Waals surface area contributed by atoms with Crippen molar-refractivity contribution in [3.63, 3.8) is 0 Å². The molecular formula is C23H23Cl2N5O2. The van der Waals surface area contributed by atoms with E-state index in [0.717, 1.165) is 30.1 Å². The van der Waals surface area contributed by atoms with Crippen LogP contribution in [0.2, 0.25) is 10.0 Å². The number of rotatable bonds is 4. The highest BCUT2D eigenvalue weighted by Gasteiger charge is 2.25. The number of nitrogens with zero attached hydrogens (tertiary/aromatic N) is 5. The maximum absolute atomic E-state index is 12.8. The van der Waals surface area contributed by atoms with Gasteiger partial charge >= 0.3 is 0 Å². The zero-order chi connectivity index (χ0) is 22.1. The second-order valence-electron chi connectivity index (χ2n) is 8.25. The molecule has 0 unspecified atom stereocenters. The molecule has 166 valence electrons. The van der Waals surface area contributed by atoms with Crippen molar-refractivity contribution in [2.24, 2.45) is 0 Å². The van der Waals surface area contributed by atoms with Gasteiger partial charge in [-0.3, -0.25) is 4.79 Å². The minimum Gasteiger partial charge on any atom is -0.353 e. The largest absolute Gasteiger partial charge is 0.353 e. The van der Waals surface area contributed by atoms with E-state index in [-0.39, 0.29) is 5.91 Å². The third-order valence-corrected chi connectivity index (χ3v) is 6.75. The number of amides is 1. The molecule has 2 aromatic heterocycles. The predicted octanol–water partition coefficient (Wildman–Crippen LogP) is 5.06. The number of carbonyl (C=O) groups is 1. The minimum atomic E-state index is -0.0789. The molecule has 1 aliphatic carbocycles. The third kappa shape index (κ3) is 4.32. The minimum absolute atomic E-state index is 0.0789. The maximum atomic E-state index is 12.8. The van der Waals surface area contributed by atoms with Crippen molar-refractivity contribution in [1.29, 1.82) is 0 Å². The Hall–Kier alpha value is -2.64. The Morgan fingerprint density at radius 2 is 1.81 bits per heavy atom. The summed E-state index contributed by atoms with van der Waals surface area (Å²) in [5, 5.41) is 5.03. The zero-order valence-electron chi connectivity index (χ0n) is 17.5. The topological polar surface area (TPSA) is 75.4 Å². The van der Waals surface area contributed by atoms with E-state index in [1.165, 1.54) is 12.8 Å². The fourth-order valence-corrected chi connectivity index (χ4v) is 4.86. The normalized spacial score (nSPS) is 17.2. The van der Waals surface area contributed by atoms with Crippen LogP contribution >= 0.6 is 23.2 Å². The van der Waals surface area contributed by atoms with Crippen molar-refractivity contribution in [2.75, 3.05) is 31.1 Å². The Labute approximate surface area is 196 Å². The summed E-state index contributed by atoms with van der Waals surface area (Å²) in [4.78, 5) is 26.0. The molecule has 1 aromatic carbocycles. The summed E-state index contributed by atoms with van der Waals surface area (Å²) in [6.07, 6.45) is 6.48. The molecule has 0 radical (unpaired) electrons. The molecular weight excluding hydrogens is 449 g/mol. The van der Waals surface area contributed by atoms with E-state index in [0.29, 0.717) is 53.5 Å². The lowest BCUT2D eigenvalue weighted by Gasteiger charge is -2.35. The summed E-state index contributed by atoms with van der Waals surface area (Å²) in [5.41, 5.74) is 1.32. The first-order chi connectivity index (χ1) is 15.6. The zero-order valence-corrected chi connectivity index (χ0v) is 19.0. The molecule has 0 N–H and O–H groups in total. The number of anilines is 1. The van der Waals surface area contributed by atoms with E-state index in [4.69, 9.17) is 27.7 Å². The van der Waals surface area contributed by atoms with Gasteiger partial charge in [-0.05, 0) is 43.2 Å². The van der Waals surface area contributed by atoms with Crippen LogP contribution in [0, 0.1) is 0 Å². The van der Waals surface area contributed by atoms with E-state index in [9.17, 15) is 4.79 Å². The van der Waals surface area contributed by atoms with Gasteiger partial charge in [0.05, 0.1) is 10.6 Å². The van der Waals surface area contributed by atoms with E-state index < -0.39 is 0 Å². The van der Waals surface area contributed by atoms with Crippen LogP contribution in [-0.2, 0) is 0 Å². The summed E-state index contributed by atoms with van der Waals surface area (Å²) < 4.78 is 5.48. The first-order valence-corrected chi connectivity index (χ1v) is 11.6. The molecule has 32 heavy (non-hydrogen) atoms. The van der Waals surface area contributed by atoms with Gasteiger partial charge in [0.25, 0.3) is 5.91 Å². The number of hydrogen-bond acceptors (Lipinski definition) is 6. The monoisotopic (exact) mass is 471 g/mol. The van der Waals surface area contributed by atoms with Gasteiger partial charge in [0, 0.05) is 48.9 Å². The number of piperazine rings is 1. The van der Waals surface area contributed by atoms with Gasteiger partial charge in [-0.2, -0.15) is 4.98 Å². The van der Waals surface area contributed by atoms with E-state index >= 15 is 0 Å². The molecule has 1 saturated carbocycles. The average molecular weight is 472 g/mol. The van der Waals surface area contributed by atoms with Crippen LogP contribution in [0.25, 0.3) is 11.4 Å². The van der Waals surface area contributed by atoms with Gasteiger partial charge in [-0.25, -0.2) is 4.98 Å². The Morgan fingerprint density at radius 1 is 1.03 bits per heavy atom. The van der Waals surface area contributed by atoms with Crippen LogP contribution in [-0.4, -0.2) is 52.1 Å². The fourth-order valence-electron chi connectivity index (χ4n) is 4.37. The second kappa shape index (κ2) is 9.08. The van der Waals surface area contributed by atoms with Crippen LogP contribution in [0.4, 0.5) is 5.82 Å². The molecule has 0 bridgehead atoms. The quantitative estimate of drug-likeness (QED) is 0.529. The molecule has 9 heteroatoms. The highest BCUT2D eigenvalue weighted by molar-refractivity contribution is 6.36. The molecule has 0 spiro atoms. The summed E-state index contributed by atoms with van der Waals surface area (Å²) >= 11 is 12.1. The summed E-state index contributed by atoms with van der Waals surface area (Å²) in [6, 6.07) is 8.89. The van der Waals surface area contributed by atoms with Crippen molar-refractivity contribution in [3.8, 4) is 11.4 Å². The number of halogens is 2. The van der Waals surface area contributed by atoms with Crippen molar-refractivity contribution in [3.05, 3.63) is 58.0 Å². The fraction of sp³-hybridized carbons (Fsp3) is 0.391. The Kier molecular flexibility index (Phi) is 6.02. The molecule has 3 heterocycles. The number of aromatic nitrogens is 3. The van der Waals surface area contributed by atoms with Crippen molar-refractivity contribution in [1.82, 2.24) is 20.0 Å². The number of benzene rings is 1. The highest BCUT2D eigenvalue weighted by atomic mass is 35.5. The number of hydrogen-bond donors (Lipinski definition) is 0. The first kappa shape index (κ1) is 21.2. The van der Waals surface area contributed by atoms with Crippen molar-refractivity contribution < 1.29 is 9.32 Å². The van der Waals surface area contributed by atoms with Crippen molar-refractivity contribution >= 4 is 34.9 Å². The molecule has 1 amide bonds. The number of carbonyl (C=O) groups excluding carboxylic acids is 1. The van der Waals surface area contributed by atoms with Crippen LogP contribution < -0.4 is 4.90 Å². The SMILES string of the molecule is O=C(c1ccc(Cl)cc1Cl)N1CCN(c2ccc(-c3noc(C4CCCC4)n3)cn2)CC1. The van der Waals surface area contributed by atoms with Crippen molar-refractivity contribution in [2.45, 2.75) is 31.6 Å². The van der Waals surface area contributed by atoms with Crippen LogP contribution in [0.1, 0.15) is 47.8 Å². The van der Waals surface area contributed by atoms with Gasteiger partial charge in [0.2, 0.25) is 11.7 Å². The third-order valence-electron chi connectivity index (χ3n) is 6.20. The van der Waals surface area contributed by atoms with Crippen LogP contribution in [0.3, 0.4) is 0 Å². The Balaban J connectivity index is 1.21. The highest BCUT2D eigenvalue weighted by Crippen LogP contribution is 2.34. The van der Waals surface area contributed by atoms with Crippen LogP contribution in [0.5, 0.6) is 0 Å². The van der Waals surface area contributed by atoms with E-state index in [2.05, 4.69) is 20.0 Å². The predicted molar refractivity (Wildman–Crippen MR) is 123 cm³/mol. The summed E-state index contributed by atoms with van der Waals surface area (Å²) in [7, 11) is 0. The molecule has 1 saturated heterocycles. The molecule has 2 fully saturated rings. The average Bonchev–Trinajstić information content (AvgIpc) is 3.51. The Morgan fingerprint density at radius 3 is 2.50 bits per heavy atom. The molecule has 2 aliphatic rings. The van der Waals surface area contributed by atoms with Gasteiger partial charge < -0.3 is 14.3 Å². The van der Waals surface area contributed by atoms with Gasteiger partial charge in [-0.1, -0.05) is 41.2 Å². The first-order valence-electron chi connectivity index (χ1n) is 10.9. The molecule has 1 aliphatic heterocycles. The molecule has 0 atom stereocenters. The van der Waals surface area contributed by atoms with E-state index in [1.54, 1.807) is 24.4 Å². The standard InChI is InChI=1S/C23H23Cl2N5O2/c24-17-6-7-18(19(25)13-17)23(31)30-11-9-29(10-12-30)20-8-5-16(14-26-20)21-27-22(32-28-21)15-3-1-2-4-15/h5-8,13-15H,1-4,9-12H2. The Bertz CT molecular complexity index is 1100. The van der Waals surface area contributed by atoms with Gasteiger partial charge in [-0.15, -0.1) is 0 Å². The van der Waals surface area contributed by atoms with Gasteiger partial charge in [0.1, 0.15) is 5.82 Å². The lowest BCUT2D eigenvalue weighted by Crippen LogP contribution is -2.49. The summed E-state index contributed by atoms with van der Waals surface area (Å²) in [6.45, 7) is 2.57. The molecule has 5 rings (SSSR count). The molecule has 3 aromatic rings.